The van der Waals surface area contributed by atoms with Crippen molar-refractivity contribution < 1.29 is 9.53 Å². The molecule has 0 radical (unpaired) electrons. The number of ether oxygens (including phenoxy) is 1. The Morgan fingerprint density at radius 2 is 1.67 bits per heavy atom. The third-order valence-electron chi connectivity index (χ3n) is 6.65. The summed E-state index contributed by atoms with van der Waals surface area (Å²) in [5.41, 5.74) is 2.61. The van der Waals surface area contributed by atoms with Gasteiger partial charge in [0.25, 0.3) is 0 Å². The smallest absolute Gasteiger partial charge is 0.410 e. The highest BCUT2D eigenvalue weighted by Gasteiger charge is 2.23. The number of amides is 1. The van der Waals surface area contributed by atoms with Gasteiger partial charge in [-0.1, -0.05) is 36.4 Å². The molecule has 0 spiro atoms. The molecular weight excluding hydrogens is 432 g/mol. The number of hydrogen-bond acceptors (Lipinski definition) is 6. The Hall–Kier alpha value is -2.61. The minimum Gasteiger partial charge on any atom is -0.444 e. The Labute approximate surface area is 199 Å². The lowest BCUT2D eigenvalue weighted by atomic mass is 10.1. The molecule has 1 aromatic heterocycles. The van der Waals surface area contributed by atoms with Crippen molar-refractivity contribution in [2.75, 3.05) is 64.3 Å². The van der Waals surface area contributed by atoms with Crippen molar-refractivity contribution in [3.63, 3.8) is 0 Å². The minimum absolute atomic E-state index is 0.203. The third-order valence-corrected chi connectivity index (χ3v) is 7.72. The number of likely N-dealkylation sites (N-methyl/N-ethyl adjacent to an activating group) is 1. The maximum atomic E-state index is 12.7. The Bertz CT molecular complexity index is 1070. The average Bonchev–Trinajstić information content (AvgIpc) is 3.27. The summed E-state index contributed by atoms with van der Waals surface area (Å²) in [4.78, 5) is 22.8. The van der Waals surface area contributed by atoms with E-state index in [2.05, 4.69) is 70.3 Å². The molecular formula is C26H32N4O2S. The summed E-state index contributed by atoms with van der Waals surface area (Å²) in [6, 6.07) is 19.2. The summed E-state index contributed by atoms with van der Waals surface area (Å²) >= 11 is 1.73. The van der Waals surface area contributed by atoms with Crippen molar-refractivity contribution >= 4 is 33.2 Å². The zero-order valence-electron chi connectivity index (χ0n) is 19.3. The summed E-state index contributed by atoms with van der Waals surface area (Å²) in [5, 5.41) is 1.27. The lowest BCUT2D eigenvalue weighted by molar-refractivity contribution is 0.0707. The van der Waals surface area contributed by atoms with Gasteiger partial charge in [-0.25, -0.2) is 4.79 Å². The van der Waals surface area contributed by atoms with Crippen LogP contribution in [0.15, 0.2) is 54.6 Å². The Morgan fingerprint density at radius 3 is 2.42 bits per heavy atom. The predicted octanol–water partition coefficient (Wildman–Crippen LogP) is 4.11. The van der Waals surface area contributed by atoms with E-state index in [-0.39, 0.29) is 6.09 Å². The van der Waals surface area contributed by atoms with Crippen molar-refractivity contribution in [1.82, 2.24) is 14.7 Å². The maximum Gasteiger partial charge on any atom is 0.410 e. The highest BCUT2D eigenvalue weighted by Crippen LogP contribution is 2.34. The highest BCUT2D eigenvalue weighted by molar-refractivity contribution is 7.19. The first-order valence-corrected chi connectivity index (χ1v) is 12.6. The van der Waals surface area contributed by atoms with Crippen LogP contribution in [0.1, 0.15) is 10.4 Å². The van der Waals surface area contributed by atoms with E-state index in [0.717, 1.165) is 50.7 Å². The molecule has 174 valence electrons. The molecule has 0 bridgehead atoms. The van der Waals surface area contributed by atoms with Crippen LogP contribution >= 0.6 is 11.3 Å². The molecule has 1 amide bonds. The molecule has 2 saturated heterocycles. The van der Waals surface area contributed by atoms with Gasteiger partial charge in [-0.2, -0.15) is 0 Å². The molecule has 0 unspecified atom stereocenters. The number of carbonyl (C=O) groups is 1. The fraction of sp³-hybridized carbons (Fsp3) is 0.423. The van der Waals surface area contributed by atoms with E-state index in [1.54, 1.807) is 11.3 Å². The molecule has 6 nitrogen and oxygen atoms in total. The summed E-state index contributed by atoms with van der Waals surface area (Å²) in [5.74, 6) is 0. The standard InChI is InChI=1S/C26H32N4O2S/c1-27-10-14-29(15-11-27)24-8-5-9-25-23(24)18-22(33-25)20-32-26(31)30-16-12-28(13-17-30)19-21-6-3-2-4-7-21/h2-9,18H,10-17,19-20H2,1H3. The van der Waals surface area contributed by atoms with E-state index in [9.17, 15) is 4.79 Å². The van der Waals surface area contributed by atoms with Gasteiger partial charge in [0, 0.05) is 79.6 Å². The second-order valence-electron chi connectivity index (χ2n) is 9.00. The normalized spacial score (nSPS) is 18.1. The van der Waals surface area contributed by atoms with Crippen molar-refractivity contribution in [1.29, 1.82) is 0 Å². The first kappa shape index (κ1) is 22.2. The molecule has 0 aliphatic carbocycles. The molecule has 2 aromatic carbocycles. The molecule has 7 heteroatoms. The number of thiophene rings is 1. The van der Waals surface area contributed by atoms with E-state index in [4.69, 9.17) is 4.74 Å². The van der Waals surface area contributed by atoms with E-state index in [1.807, 2.05) is 11.0 Å². The number of nitrogens with zero attached hydrogens (tertiary/aromatic N) is 4. The Balaban J connectivity index is 1.15. The van der Waals surface area contributed by atoms with Crippen LogP contribution in [-0.2, 0) is 17.9 Å². The van der Waals surface area contributed by atoms with E-state index in [1.165, 1.54) is 21.3 Å². The third kappa shape index (κ3) is 5.32. The van der Waals surface area contributed by atoms with Crippen LogP contribution in [0.25, 0.3) is 10.1 Å². The van der Waals surface area contributed by atoms with Crippen LogP contribution in [0, 0.1) is 0 Å². The average molecular weight is 465 g/mol. The zero-order valence-corrected chi connectivity index (χ0v) is 20.1. The number of rotatable bonds is 5. The first-order chi connectivity index (χ1) is 16.2. The molecule has 0 saturated carbocycles. The molecule has 5 rings (SSSR count). The van der Waals surface area contributed by atoms with Gasteiger partial charge in [0.1, 0.15) is 6.61 Å². The number of hydrogen-bond donors (Lipinski definition) is 0. The van der Waals surface area contributed by atoms with Gasteiger partial charge in [-0.15, -0.1) is 11.3 Å². The predicted molar refractivity (Wildman–Crippen MR) is 135 cm³/mol. The second-order valence-corrected chi connectivity index (χ2v) is 10.2. The number of benzene rings is 2. The first-order valence-electron chi connectivity index (χ1n) is 11.8. The Kier molecular flexibility index (Phi) is 6.80. The van der Waals surface area contributed by atoms with Crippen molar-refractivity contribution in [2.45, 2.75) is 13.2 Å². The van der Waals surface area contributed by atoms with Crippen LogP contribution in [-0.4, -0.2) is 80.2 Å². The fourth-order valence-corrected chi connectivity index (χ4v) is 5.64. The highest BCUT2D eigenvalue weighted by atomic mass is 32.1. The summed E-state index contributed by atoms with van der Waals surface area (Å²) < 4.78 is 6.97. The molecule has 2 aliphatic heterocycles. The van der Waals surface area contributed by atoms with Crippen molar-refractivity contribution in [2.24, 2.45) is 0 Å². The van der Waals surface area contributed by atoms with Gasteiger partial charge in [0.05, 0.1) is 0 Å². The monoisotopic (exact) mass is 464 g/mol. The Morgan fingerprint density at radius 1 is 0.909 bits per heavy atom. The lowest BCUT2D eigenvalue weighted by Gasteiger charge is -2.34. The van der Waals surface area contributed by atoms with E-state index >= 15 is 0 Å². The molecule has 2 aliphatic rings. The van der Waals surface area contributed by atoms with Gasteiger partial charge < -0.3 is 19.4 Å². The van der Waals surface area contributed by atoms with Crippen LogP contribution < -0.4 is 4.90 Å². The number of anilines is 1. The molecule has 0 N–H and O–H groups in total. The summed E-state index contributed by atoms with van der Waals surface area (Å²) in [6.07, 6.45) is -0.203. The number of piperazine rings is 2. The van der Waals surface area contributed by atoms with Crippen molar-refractivity contribution in [3.8, 4) is 0 Å². The fourth-order valence-electron chi connectivity index (χ4n) is 4.65. The van der Waals surface area contributed by atoms with Crippen LogP contribution in [0.5, 0.6) is 0 Å². The quantitative estimate of drug-likeness (QED) is 0.568. The molecule has 2 fully saturated rings. The van der Waals surface area contributed by atoms with Crippen LogP contribution in [0.2, 0.25) is 0 Å². The topological polar surface area (TPSA) is 39.3 Å². The zero-order chi connectivity index (χ0) is 22.6. The van der Waals surface area contributed by atoms with Crippen molar-refractivity contribution in [3.05, 3.63) is 65.0 Å². The number of fused-ring (bicyclic) bond motifs is 1. The maximum absolute atomic E-state index is 12.7. The molecule has 0 atom stereocenters. The molecule has 3 heterocycles. The summed E-state index contributed by atoms with van der Waals surface area (Å²) in [6.45, 7) is 8.72. The van der Waals surface area contributed by atoms with Crippen LogP contribution in [0.3, 0.4) is 0 Å². The van der Waals surface area contributed by atoms with Gasteiger partial charge >= 0.3 is 6.09 Å². The molecule has 33 heavy (non-hydrogen) atoms. The SMILES string of the molecule is CN1CCN(c2cccc3sc(COC(=O)N4CCN(Cc5ccccc5)CC4)cc23)CC1. The second kappa shape index (κ2) is 10.1. The van der Waals surface area contributed by atoms with Gasteiger partial charge in [-0.3, -0.25) is 4.90 Å². The van der Waals surface area contributed by atoms with Gasteiger partial charge in [-0.05, 0) is 30.8 Å². The van der Waals surface area contributed by atoms with Gasteiger partial charge in [0.2, 0.25) is 0 Å². The van der Waals surface area contributed by atoms with Gasteiger partial charge in [0.15, 0.2) is 0 Å². The van der Waals surface area contributed by atoms with Crippen LogP contribution in [0.4, 0.5) is 10.5 Å². The number of carbonyl (C=O) groups excluding carboxylic acids is 1. The lowest BCUT2D eigenvalue weighted by Crippen LogP contribution is -2.48. The summed E-state index contributed by atoms with van der Waals surface area (Å²) in [7, 11) is 2.18. The van der Waals surface area contributed by atoms with E-state index < -0.39 is 0 Å². The van der Waals surface area contributed by atoms with E-state index in [0.29, 0.717) is 19.7 Å². The largest absolute Gasteiger partial charge is 0.444 e. The molecule has 3 aromatic rings. The minimum atomic E-state index is -0.203.